The zero-order valence-electron chi connectivity index (χ0n) is 35.6. The Morgan fingerprint density at radius 3 is 1.92 bits per heavy atom. The van der Waals surface area contributed by atoms with Gasteiger partial charge >= 0.3 is 5.97 Å². The summed E-state index contributed by atoms with van der Waals surface area (Å²) >= 11 is 0. The molecule has 328 valence electrons. The van der Waals surface area contributed by atoms with Crippen LogP contribution in [-0.4, -0.2) is 52.4 Å². The van der Waals surface area contributed by atoms with Crippen LogP contribution in [0.5, 0.6) is 11.5 Å². The van der Waals surface area contributed by atoms with Crippen LogP contribution in [0.3, 0.4) is 0 Å². The number of anilines is 2. The molecule has 0 spiro atoms. The Labute approximate surface area is 366 Å². The van der Waals surface area contributed by atoms with Crippen molar-refractivity contribution in [3.8, 4) is 11.5 Å². The number of ketones is 1. The summed E-state index contributed by atoms with van der Waals surface area (Å²) in [5.41, 5.74) is 2.90. The van der Waals surface area contributed by atoms with Crippen molar-refractivity contribution in [1.82, 2.24) is 0 Å². The highest BCUT2D eigenvalue weighted by Gasteiger charge is 2.37. The number of allylic oxidation sites excluding steroid dienone is 1. The molecule has 1 aliphatic carbocycles. The van der Waals surface area contributed by atoms with Crippen molar-refractivity contribution >= 4 is 78.8 Å². The number of hydrogen-bond donors (Lipinski definition) is 6. The smallest absolute Gasteiger partial charge is 0.303 e. The Balaban J connectivity index is 1.48. The number of ether oxygens (including phenoxy) is 2. The molecule has 0 amide bonds. The number of hydrogen-bond acceptors (Lipinski definition) is 12. The molecule has 0 saturated heterocycles. The number of carbonyl (C=O) groups is 3. The van der Waals surface area contributed by atoms with Gasteiger partial charge in [0.15, 0.2) is 35.5 Å². The number of rotatable bonds is 19. The van der Waals surface area contributed by atoms with Gasteiger partial charge in [0.25, 0.3) is 6.47 Å². The van der Waals surface area contributed by atoms with Gasteiger partial charge in [-0.05, 0) is 53.3 Å². The van der Waals surface area contributed by atoms with Crippen LogP contribution in [0.2, 0.25) is 0 Å². The van der Waals surface area contributed by atoms with E-state index in [1.54, 1.807) is 13.0 Å². The summed E-state index contributed by atoms with van der Waals surface area (Å²) in [6.45, 7) is 3.98. The molecule has 1 unspecified atom stereocenters. The fourth-order valence-corrected chi connectivity index (χ4v) is 9.70. The van der Waals surface area contributed by atoms with Crippen LogP contribution in [0, 0.1) is 0 Å². The second kappa shape index (κ2) is 17.9. The third-order valence-electron chi connectivity index (χ3n) is 12.3. The summed E-state index contributed by atoms with van der Waals surface area (Å²) in [7, 11) is 1.46. The number of aromatic nitrogens is 2. The minimum absolute atomic E-state index is 0.0236. The molecule has 0 saturated carbocycles. The summed E-state index contributed by atoms with van der Waals surface area (Å²) in [5, 5.41) is 52.9. The average Bonchev–Trinajstić information content (AvgIpc) is 3.41. The predicted octanol–water partition coefficient (Wildman–Crippen LogP) is 4.91. The van der Waals surface area contributed by atoms with Crippen LogP contribution in [0.1, 0.15) is 72.7 Å². The number of aryl methyl sites for hydroxylation is 2. The van der Waals surface area contributed by atoms with Gasteiger partial charge < -0.3 is 40.5 Å². The fourth-order valence-electron chi connectivity index (χ4n) is 9.70. The van der Waals surface area contributed by atoms with Crippen molar-refractivity contribution in [3.63, 3.8) is 0 Å². The van der Waals surface area contributed by atoms with E-state index in [2.05, 4.69) is 10.6 Å². The number of aliphatic carboxylic acids is 1. The zero-order chi connectivity index (χ0) is 45.4. The van der Waals surface area contributed by atoms with Crippen molar-refractivity contribution < 1.29 is 53.4 Å². The SMILES string of the molecule is COc1c(NCc2cccc[n+]2CCCOC=O)c2c(=O)cc(CO)c3c4c(CO)cc(=O)c5c(O)c(NCc6cccc[n+]6CCCC(=O)O)c6c(c(c1C(C(C)=O)C(C)=C6)c23)c54. The molecule has 5 aromatic carbocycles. The normalized spacial score (nSPS) is 13.5. The minimum Gasteiger partial charge on any atom is -0.505 e. The second-order valence-electron chi connectivity index (χ2n) is 16.1. The third kappa shape index (κ3) is 7.35. The number of aromatic hydroxyl groups is 1. The summed E-state index contributed by atoms with van der Waals surface area (Å²) < 4.78 is 15.1. The van der Waals surface area contributed by atoms with Gasteiger partial charge in [-0.2, -0.15) is 0 Å². The molecule has 15 nitrogen and oxygen atoms in total. The molecule has 0 fully saturated rings. The Morgan fingerprint density at radius 2 is 1.36 bits per heavy atom. The first-order chi connectivity index (χ1) is 30.9. The number of aliphatic hydroxyl groups excluding tert-OH is 2. The Hall–Kier alpha value is -7.23. The van der Waals surface area contributed by atoms with Crippen molar-refractivity contribution in [2.75, 3.05) is 24.4 Å². The number of nitrogens with one attached hydrogen (secondary N) is 2. The van der Waals surface area contributed by atoms with Gasteiger partial charge in [-0.1, -0.05) is 23.8 Å². The number of fused-ring (bicyclic) bond motifs is 1. The van der Waals surface area contributed by atoms with Crippen molar-refractivity contribution in [2.24, 2.45) is 0 Å². The number of benzene rings is 5. The van der Waals surface area contributed by atoms with Crippen LogP contribution in [0.25, 0.3) is 49.2 Å². The number of phenolic OH excluding ortho intramolecular Hbond substituents is 1. The largest absolute Gasteiger partial charge is 0.505 e. The van der Waals surface area contributed by atoms with E-state index in [0.717, 1.165) is 11.4 Å². The van der Waals surface area contributed by atoms with Crippen molar-refractivity contribution in [2.45, 2.75) is 78.4 Å². The molecule has 15 heteroatoms. The van der Waals surface area contributed by atoms with E-state index in [1.807, 2.05) is 57.9 Å². The first-order valence-corrected chi connectivity index (χ1v) is 21.0. The number of phenols is 1. The highest BCUT2D eigenvalue weighted by atomic mass is 16.5. The summed E-state index contributed by atoms with van der Waals surface area (Å²) in [4.78, 5) is 65.3. The third-order valence-corrected chi connectivity index (χ3v) is 12.3. The summed E-state index contributed by atoms with van der Waals surface area (Å²) in [6, 6.07) is 13.8. The second-order valence-corrected chi connectivity index (χ2v) is 16.1. The van der Waals surface area contributed by atoms with E-state index in [4.69, 9.17) is 9.47 Å². The van der Waals surface area contributed by atoms with Gasteiger partial charge in [-0.25, -0.2) is 9.13 Å². The highest BCUT2D eigenvalue weighted by molar-refractivity contribution is 6.39. The lowest BCUT2D eigenvalue weighted by atomic mass is 9.79. The number of nitrogens with zero attached hydrogens (tertiary/aromatic N) is 2. The van der Waals surface area contributed by atoms with Crippen molar-refractivity contribution in [1.29, 1.82) is 0 Å². The Kier molecular flexibility index (Phi) is 12.1. The summed E-state index contributed by atoms with van der Waals surface area (Å²) in [6.07, 6.45) is 6.43. The van der Waals surface area contributed by atoms with Gasteiger partial charge in [-0.3, -0.25) is 24.0 Å². The molecule has 0 radical (unpaired) electrons. The van der Waals surface area contributed by atoms with E-state index in [9.17, 15) is 44.4 Å². The molecule has 6 N–H and O–H groups in total. The van der Waals surface area contributed by atoms with Gasteiger partial charge in [0.1, 0.15) is 31.2 Å². The Morgan fingerprint density at radius 1 is 0.781 bits per heavy atom. The van der Waals surface area contributed by atoms with E-state index in [-0.39, 0.29) is 71.0 Å². The van der Waals surface area contributed by atoms with E-state index in [1.165, 1.54) is 26.2 Å². The minimum atomic E-state index is -0.952. The van der Waals surface area contributed by atoms with Crippen LogP contribution >= 0.6 is 0 Å². The maximum Gasteiger partial charge on any atom is 0.303 e. The van der Waals surface area contributed by atoms with Gasteiger partial charge in [0.05, 0.1) is 61.4 Å². The molecule has 2 heterocycles. The van der Waals surface area contributed by atoms with Gasteiger partial charge in [0.2, 0.25) is 11.4 Å². The quantitative estimate of drug-likeness (QED) is 0.0159. The molecule has 1 aliphatic rings. The van der Waals surface area contributed by atoms with Crippen LogP contribution in [0.4, 0.5) is 11.4 Å². The molecule has 0 aliphatic heterocycles. The van der Waals surface area contributed by atoms with E-state index < -0.39 is 36.0 Å². The Bertz CT molecular complexity index is 3170. The lowest BCUT2D eigenvalue weighted by Gasteiger charge is -2.27. The topological polar surface area (TPSA) is 217 Å². The molecule has 2 aromatic heterocycles. The number of carboxylic acids is 1. The molecular formula is C49H48N4O11+2. The number of carboxylic acid groups (broad SMARTS) is 1. The van der Waals surface area contributed by atoms with Gasteiger partial charge in [-0.15, -0.1) is 0 Å². The molecule has 1 atom stereocenters. The monoisotopic (exact) mass is 868 g/mol. The predicted molar refractivity (Wildman–Crippen MR) is 240 cm³/mol. The van der Waals surface area contributed by atoms with E-state index >= 15 is 0 Å². The molecular weight excluding hydrogens is 821 g/mol. The zero-order valence-corrected chi connectivity index (χ0v) is 35.6. The number of pyridine rings is 2. The fraction of sp³-hybridized carbons (Fsp3) is 0.286. The number of aliphatic hydroxyl groups is 2. The highest BCUT2D eigenvalue weighted by Crippen LogP contribution is 2.57. The average molecular weight is 869 g/mol. The lowest BCUT2D eigenvalue weighted by Crippen LogP contribution is -2.39. The molecule has 64 heavy (non-hydrogen) atoms. The van der Waals surface area contributed by atoms with E-state index in [0.29, 0.717) is 87.1 Å². The molecule has 0 bridgehead atoms. The lowest BCUT2D eigenvalue weighted by molar-refractivity contribution is -0.704. The summed E-state index contributed by atoms with van der Waals surface area (Å²) in [5.74, 6) is -2.25. The first kappa shape index (κ1) is 43.4. The van der Waals surface area contributed by atoms with Crippen LogP contribution in [-0.2, 0) is 58.5 Å². The number of methoxy groups -OCH3 is 1. The number of Topliss-reactive ketones (excluding diaryl/α,β-unsaturated/α-hetero) is 1. The first-order valence-electron chi connectivity index (χ1n) is 21.0. The van der Waals surface area contributed by atoms with Crippen LogP contribution < -0.4 is 35.4 Å². The standard InChI is InChI=1S/C49H46N4O11/c1-26-18-32-39-42-37(29(24-55)20-34(59)41(42)48(62)46(32)50-21-30-10-4-6-13-52(30)15-8-12-35(60)61)38-28(23-54)19-33(58)40-43(38)44(39)45(36(26)27(2)57)49(63-3)47(40)51-22-31-11-5-7-14-53(31)16-9-17-64-25-56/h4-7,10-11,13-14,18-20,25,36,54-55H,8-9,12,15-17,21-24H2,1-3H3,(H2-2,50,51,58,59,60,61,62)/p+2. The maximum atomic E-state index is 14.7. The van der Waals surface area contributed by atoms with Crippen LogP contribution in [0.15, 0.2) is 76.1 Å². The number of carbonyl (C=O) groups excluding carboxylic acids is 2. The molecule has 8 rings (SSSR count). The van der Waals surface area contributed by atoms with Crippen molar-refractivity contribution in [3.05, 3.63) is 121 Å². The maximum absolute atomic E-state index is 14.7. The van der Waals surface area contributed by atoms with Gasteiger partial charge in [0, 0.05) is 64.4 Å². The molecule has 7 aromatic rings.